The first kappa shape index (κ1) is 14.3. The van der Waals surface area contributed by atoms with Gasteiger partial charge in [0.25, 0.3) is 0 Å². The molecule has 0 aliphatic carbocycles. The van der Waals surface area contributed by atoms with Crippen LogP contribution in [0.5, 0.6) is 0 Å². The van der Waals surface area contributed by atoms with Crippen molar-refractivity contribution in [1.82, 2.24) is 0 Å². The largest absolute Gasteiger partial charge is 0.330 e. The van der Waals surface area contributed by atoms with Gasteiger partial charge in [0, 0.05) is 4.90 Å². The van der Waals surface area contributed by atoms with E-state index in [0.717, 1.165) is 11.8 Å². The van der Waals surface area contributed by atoms with Gasteiger partial charge in [-0.25, -0.2) is 8.78 Å². The van der Waals surface area contributed by atoms with Gasteiger partial charge in [-0.2, -0.15) is 0 Å². The van der Waals surface area contributed by atoms with Crippen molar-refractivity contribution >= 4 is 23.4 Å². The predicted molar refractivity (Wildman–Crippen MR) is 74.7 cm³/mol. The van der Waals surface area contributed by atoms with Crippen molar-refractivity contribution < 1.29 is 8.78 Å². The number of hydrogen-bond acceptors (Lipinski definition) is 2. The summed E-state index contributed by atoms with van der Waals surface area (Å²) in [4.78, 5) is 0.572. The molecule has 0 aliphatic rings. The molecule has 1 nitrogen and oxygen atoms in total. The first-order valence-corrected chi connectivity index (χ1v) is 6.91. The Kier molecular flexibility index (Phi) is 4.80. The lowest BCUT2D eigenvalue weighted by atomic mass is 10.1. The molecular formula is C14H12ClF2NS. The fourth-order valence-corrected chi connectivity index (χ4v) is 2.75. The second-order valence-corrected chi connectivity index (χ2v) is 5.42. The molecule has 0 heterocycles. The van der Waals surface area contributed by atoms with Crippen LogP contribution in [0.15, 0.2) is 46.2 Å². The summed E-state index contributed by atoms with van der Waals surface area (Å²) in [6, 6.07) is 9.57. The van der Waals surface area contributed by atoms with Crippen LogP contribution in [0.4, 0.5) is 8.78 Å². The molecule has 0 radical (unpaired) electrons. The fourth-order valence-electron chi connectivity index (χ4n) is 1.66. The Morgan fingerprint density at radius 2 is 1.74 bits per heavy atom. The van der Waals surface area contributed by atoms with E-state index in [0.29, 0.717) is 28.4 Å². The maximum Gasteiger partial charge on any atom is 0.140 e. The molecule has 5 heteroatoms. The Morgan fingerprint density at radius 1 is 1.11 bits per heavy atom. The zero-order valence-electron chi connectivity index (χ0n) is 10.00. The summed E-state index contributed by atoms with van der Waals surface area (Å²) >= 11 is 6.96. The number of hydrogen-bond donors (Lipinski definition) is 1. The number of benzene rings is 2. The fraction of sp³-hybridized carbons (Fsp3) is 0.143. The van der Waals surface area contributed by atoms with Gasteiger partial charge in [-0.3, -0.25) is 0 Å². The quantitative estimate of drug-likeness (QED) is 0.912. The van der Waals surface area contributed by atoms with Gasteiger partial charge in [-0.05, 0) is 42.8 Å². The summed E-state index contributed by atoms with van der Waals surface area (Å²) in [6.45, 7) is 0.357. The maximum absolute atomic E-state index is 13.9. The number of rotatable bonds is 4. The highest BCUT2D eigenvalue weighted by atomic mass is 35.5. The van der Waals surface area contributed by atoms with Crippen molar-refractivity contribution in [2.24, 2.45) is 5.73 Å². The first-order valence-electron chi connectivity index (χ1n) is 5.72. The van der Waals surface area contributed by atoms with Gasteiger partial charge in [-0.1, -0.05) is 35.5 Å². The second kappa shape index (κ2) is 6.37. The third kappa shape index (κ3) is 3.47. The highest BCUT2D eigenvalue weighted by Crippen LogP contribution is 2.36. The molecule has 0 bridgehead atoms. The summed E-state index contributed by atoms with van der Waals surface area (Å²) in [5.41, 5.74) is 5.93. The summed E-state index contributed by atoms with van der Waals surface area (Å²) in [5, 5.41) is 0.470. The average Bonchev–Trinajstić information content (AvgIpc) is 2.36. The van der Waals surface area contributed by atoms with Crippen LogP contribution in [-0.2, 0) is 6.42 Å². The zero-order chi connectivity index (χ0) is 13.8. The van der Waals surface area contributed by atoms with Crippen LogP contribution in [0.25, 0.3) is 0 Å². The second-order valence-electron chi connectivity index (χ2n) is 3.96. The normalized spacial score (nSPS) is 10.7. The zero-order valence-corrected chi connectivity index (χ0v) is 11.6. The molecule has 0 unspecified atom stereocenters. The molecular weight excluding hydrogens is 288 g/mol. The highest BCUT2D eigenvalue weighted by Gasteiger charge is 2.14. The molecule has 0 amide bonds. The lowest BCUT2D eigenvalue weighted by Gasteiger charge is -2.08. The third-order valence-corrected chi connectivity index (χ3v) is 4.15. The first-order chi connectivity index (χ1) is 9.11. The SMILES string of the molecule is NCCc1cc(F)c(Sc2ccccc2Cl)c(F)c1. The summed E-state index contributed by atoms with van der Waals surface area (Å²) in [7, 11) is 0. The lowest BCUT2D eigenvalue weighted by molar-refractivity contribution is 0.537. The van der Waals surface area contributed by atoms with Crippen LogP contribution in [0.3, 0.4) is 0 Å². The molecule has 2 aromatic carbocycles. The molecule has 0 atom stereocenters. The molecule has 2 rings (SSSR count). The Bertz CT molecular complexity index is 566. The van der Waals surface area contributed by atoms with Crippen molar-refractivity contribution in [1.29, 1.82) is 0 Å². The molecule has 2 aromatic rings. The van der Waals surface area contributed by atoms with Crippen LogP contribution >= 0.6 is 23.4 Å². The minimum absolute atomic E-state index is 0.0473. The van der Waals surface area contributed by atoms with Crippen molar-refractivity contribution in [3.8, 4) is 0 Å². The van der Waals surface area contributed by atoms with Gasteiger partial charge in [0.15, 0.2) is 0 Å². The Hall–Kier alpha value is -1.10. The van der Waals surface area contributed by atoms with Crippen molar-refractivity contribution in [2.75, 3.05) is 6.54 Å². The van der Waals surface area contributed by atoms with Gasteiger partial charge >= 0.3 is 0 Å². The van der Waals surface area contributed by atoms with E-state index in [-0.39, 0.29) is 4.90 Å². The molecule has 0 saturated heterocycles. The van der Waals surface area contributed by atoms with E-state index < -0.39 is 11.6 Å². The van der Waals surface area contributed by atoms with Crippen molar-refractivity contribution in [3.63, 3.8) is 0 Å². The summed E-state index contributed by atoms with van der Waals surface area (Å²) in [6.07, 6.45) is 0.449. The molecule has 0 aliphatic heterocycles. The molecule has 100 valence electrons. The van der Waals surface area contributed by atoms with E-state index in [2.05, 4.69) is 0 Å². The van der Waals surface area contributed by atoms with Crippen molar-refractivity contribution in [2.45, 2.75) is 16.2 Å². The molecule has 0 aromatic heterocycles. The summed E-state index contributed by atoms with van der Waals surface area (Å²) < 4.78 is 27.8. The maximum atomic E-state index is 13.9. The van der Waals surface area contributed by atoms with Crippen LogP contribution in [0.1, 0.15) is 5.56 Å². The van der Waals surface area contributed by atoms with E-state index in [1.54, 1.807) is 24.3 Å². The standard InChI is InChI=1S/C14H12ClF2NS/c15-10-3-1-2-4-13(10)19-14-11(16)7-9(5-6-18)8-12(14)17/h1-4,7-8H,5-6,18H2. The third-order valence-electron chi connectivity index (χ3n) is 2.54. The lowest BCUT2D eigenvalue weighted by Crippen LogP contribution is -2.04. The van der Waals surface area contributed by atoms with Gasteiger partial charge < -0.3 is 5.73 Å². The van der Waals surface area contributed by atoms with Crippen LogP contribution in [-0.4, -0.2) is 6.54 Å². The molecule has 0 spiro atoms. The Morgan fingerprint density at radius 3 is 2.32 bits per heavy atom. The van der Waals surface area contributed by atoms with Gasteiger partial charge in [0.2, 0.25) is 0 Å². The topological polar surface area (TPSA) is 26.0 Å². The highest BCUT2D eigenvalue weighted by molar-refractivity contribution is 7.99. The minimum atomic E-state index is -0.589. The van der Waals surface area contributed by atoms with Crippen LogP contribution in [0.2, 0.25) is 5.02 Å². The Balaban J connectivity index is 2.33. The van der Waals surface area contributed by atoms with E-state index in [1.165, 1.54) is 12.1 Å². The minimum Gasteiger partial charge on any atom is -0.330 e. The monoisotopic (exact) mass is 299 g/mol. The number of nitrogens with two attached hydrogens (primary N) is 1. The van der Waals surface area contributed by atoms with Gasteiger partial charge in [-0.15, -0.1) is 0 Å². The average molecular weight is 300 g/mol. The molecule has 19 heavy (non-hydrogen) atoms. The van der Waals surface area contributed by atoms with Gasteiger partial charge in [0.1, 0.15) is 11.6 Å². The van der Waals surface area contributed by atoms with E-state index in [4.69, 9.17) is 17.3 Å². The van der Waals surface area contributed by atoms with Crippen LogP contribution in [0, 0.1) is 11.6 Å². The van der Waals surface area contributed by atoms with Crippen molar-refractivity contribution in [3.05, 3.63) is 58.6 Å². The van der Waals surface area contributed by atoms with Gasteiger partial charge in [0.05, 0.1) is 9.92 Å². The van der Waals surface area contributed by atoms with E-state index in [1.807, 2.05) is 0 Å². The molecule has 2 N–H and O–H groups in total. The summed E-state index contributed by atoms with van der Waals surface area (Å²) in [5.74, 6) is -1.18. The Labute approximate surface area is 119 Å². The van der Waals surface area contributed by atoms with E-state index >= 15 is 0 Å². The van der Waals surface area contributed by atoms with E-state index in [9.17, 15) is 8.78 Å². The predicted octanol–water partition coefficient (Wildman–Crippen LogP) is 4.27. The number of halogens is 3. The molecule has 0 fully saturated rings. The molecule has 0 saturated carbocycles. The van der Waals surface area contributed by atoms with Crippen LogP contribution < -0.4 is 5.73 Å². The smallest absolute Gasteiger partial charge is 0.140 e.